The normalized spacial score (nSPS) is 33.5. The zero-order chi connectivity index (χ0) is 7.68. The zero-order valence-electron chi connectivity index (χ0n) is 6.88. The van der Waals surface area contributed by atoms with E-state index in [1.165, 1.54) is 12.8 Å². The van der Waals surface area contributed by atoms with E-state index in [9.17, 15) is 4.79 Å². The first-order valence-corrected chi connectivity index (χ1v) is 4.65. The van der Waals surface area contributed by atoms with Gasteiger partial charge in [-0.25, -0.2) is 0 Å². The van der Waals surface area contributed by atoms with Crippen molar-refractivity contribution < 1.29 is 4.79 Å². The van der Waals surface area contributed by atoms with Crippen molar-refractivity contribution in [2.24, 2.45) is 0 Å². The zero-order valence-corrected chi connectivity index (χ0v) is 6.88. The molecule has 2 fully saturated rings. The second kappa shape index (κ2) is 2.94. The molecule has 0 aromatic heterocycles. The molecule has 1 saturated carbocycles. The number of Topliss-reactive ketones (excluding diaryl/α,β-unsaturated/α-hetero) is 1. The number of rotatable bonds is 1. The fourth-order valence-corrected chi connectivity index (χ4v) is 2.00. The van der Waals surface area contributed by atoms with Crippen LogP contribution in [0.4, 0.5) is 0 Å². The van der Waals surface area contributed by atoms with Gasteiger partial charge in [0.1, 0.15) is 5.78 Å². The molecular weight excluding hydrogens is 138 g/mol. The number of ketones is 1. The maximum absolute atomic E-state index is 11.4. The van der Waals surface area contributed by atoms with Gasteiger partial charge in [-0.15, -0.1) is 0 Å². The van der Waals surface area contributed by atoms with Crippen molar-refractivity contribution in [3.63, 3.8) is 0 Å². The molecular formula is C9H15NO. The molecule has 0 aromatic rings. The third-order valence-corrected chi connectivity index (χ3v) is 2.85. The predicted octanol–water partition coefficient (Wildman–Crippen LogP) is 1.20. The Kier molecular flexibility index (Phi) is 1.95. The number of carbonyl (C=O) groups excluding carboxylic acids is 1. The van der Waals surface area contributed by atoms with Gasteiger partial charge >= 0.3 is 0 Å². The van der Waals surface area contributed by atoms with E-state index >= 15 is 0 Å². The molecule has 1 aliphatic carbocycles. The molecule has 0 aromatic carbocycles. The van der Waals surface area contributed by atoms with Gasteiger partial charge in [0.25, 0.3) is 0 Å². The lowest BCUT2D eigenvalue weighted by atomic mass is 9.91. The molecule has 2 rings (SSSR count). The lowest BCUT2D eigenvalue weighted by molar-refractivity contribution is -0.127. The third kappa shape index (κ3) is 1.32. The van der Waals surface area contributed by atoms with E-state index in [0.717, 1.165) is 32.4 Å². The molecule has 1 heterocycles. The molecule has 11 heavy (non-hydrogen) atoms. The summed E-state index contributed by atoms with van der Waals surface area (Å²) in [6, 6.07) is 0.317. The van der Waals surface area contributed by atoms with Crippen molar-refractivity contribution in [3.8, 4) is 0 Å². The molecule has 0 bridgehead atoms. The summed E-state index contributed by atoms with van der Waals surface area (Å²) in [4.78, 5) is 13.7. The van der Waals surface area contributed by atoms with Crippen LogP contribution in [-0.2, 0) is 4.79 Å². The van der Waals surface area contributed by atoms with Gasteiger partial charge in [-0.05, 0) is 19.3 Å². The van der Waals surface area contributed by atoms with Crippen LogP contribution < -0.4 is 0 Å². The first-order chi connectivity index (χ1) is 5.38. The van der Waals surface area contributed by atoms with Gasteiger partial charge in [-0.2, -0.15) is 0 Å². The van der Waals surface area contributed by atoms with Gasteiger partial charge in [0.05, 0.1) is 6.04 Å². The van der Waals surface area contributed by atoms with Crippen LogP contribution in [0.3, 0.4) is 0 Å². The number of likely N-dealkylation sites (tertiary alicyclic amines) is 1. The van der Waals surface area contributed by atoms with Gasteiger partial charge < -0.3 is 0 Å². The fourth-order valence-electron chi connectivity index (χ4n) is 2.00. The fraction of sp³-hybridized carbons (Fsp3) is 0.889. The van der Waals surface area contributed by atoms with E-state index in [1.807, 2.05) is 0 Å². The first kappa shape index (κ1) is 7.29. The van der Waals surface area contributed by atoms with Crippen LogP contribution in [0.2, 0.25) is 0 Å². The largest absolute Gasteiger partial charge is 0.298 e. The second-order valence-electron chi connectivity index (χ2n) is 3.62. The highest BCUT2D eigenvalue weighted by molar-refractivity contribution is 5.84. The smallest absolute Gasteiger partial charge is 0.149 e. The molecule has 2 heteroatoms. The molecule has 1 atom stereocenters. The van der Waals surface area contributed by atoms with Crippen molar-refractivity contribution in [1.82, 2.24) is 4.90 Å². The molecule has 0 radical (unpaired) electrons. The van der Waals surface area contributed by atoms with Gasteiger partial charge in [0, 0.05) is 19.5 Å². The Morgan fingerprint density at radius 1 is 1.18 bits per heavy atom. The number of carbonyl (C=O) groups is 1. The summed E-state index contributed by atoms with van der Waals surface area (Å²) in [7, 11) is 0. The summed E-state index contributed by atoms with van der Waals surface area (Å²) in [5.41, 5.74) is 0. The summed E-state index contributed by atoms with van der Waals surface area (Å²) in [6.45, 7) is 2.33. The molecule has 1 aliphatic heterocycles. The average Bonchev–Trinajstić information content (AvgIpc) is 1.90. The topological polar surface area (TPSA) is 20.3 Å². The summed E-state index contributed by atoms with van der Waals surface area (Å²) in [6.07, 6.45) is 5.64. The summed E-state index contributed by atoms with van der Waals surface area (Å²) >= 11 is 0. The first-order valence-electron chi connectivity index (χ1n) is 4.65. The van der Waals surface area contributed by atoms with Crippen molar-refractivity contribution in [2.45, 2.75) is 38.1 Å². The lowest BCUT2D eigenvalue weighted by Gasteiger charge is -2.39. The molecule has 0 amide bonds. The van der Waals surface area contributed by atoms with Crippen LogP contribution in [0.1, 0.15) is 32.1 Å². The Hall–Kier alpha value is -0.370. The highest BCUT2D eigenvalue weighted by Gasteiger charge is 2.30. The minimum Gasteiger partial charge on any atom is -0.298 e. The van der Waals surface area contributed by atoms with E-state index in [1.54, 1.807) is 0 Å². The minimum absolute atomic E-state index is 0.317. The minimum atomic E-state index is 0.317. The highest BCUT2D eigenvalue weighted by atomic mass is 16.1. The third-order valence-electron chi connectivity index (χ3n) is 2.85. The second-order valence-corrected chi connectivity index (χ2v) is 3.62. The Bertz CT molecular complexity index is 163. The van der Waals surface area contributed by atoms with Gasteiger partial charge in [-0.1, -0.05) is 6.42 Å². The van der Waals surface area contributed by atoms with Crippen LogP contribution in [0.15, 0.2) is 0 Å². The Morgan fingerprint density at radius 2 is 2.00 bits per heavy atom. The standard InChI is InChI=1S/C9H15NO/c11-9-5-2-1-4-8(9)10-6-3-7-10/h8H,1-7H2/t8-/m0/s1. The summed E-state index contributed by atoms with van der Waals surface area (Å²) < 4.78 is 0. The average molecular weight is 153 g/mol. The summed E-state index contributed by atoms with van der Waals surface area (Å²) in [5, 5.41) is 0. The van der Waals surface area contributed by atoms with E-state index in [0.29, 0.717) is 11.8 Å². The molecule has 1 saturated heterocycles. The van der Waals surface area contributed by atoms with Crippen molar-refractivity contribution in [2.75, 3.05) is 13.1 Å². The van der Waals surface area contributed by atoms with E-state index in [4.69, 9.17) is 0 Å². The molecule has 0 unspecified atom stereocenters. The van der Waals surface area contributed by atoms with Crippen LogP contribution in [0.5, 0.6) is 0 Å². The maximum atomic E-state index is 11.4. The van der Waals surface area contributed by atoms with Crippen molar-refractivity contribution in [1.29, 1.82) is 0 Å². The Labute approximate surface area is 67.6 Å². The van der Waals surface area contributed by atoms with Gasteiger partial charge in [-0.3, -0.25) is 9.69 Å². The molecule has 62 valence electrons. The molecule has 0 spiro atoms. The number of nitrogens with zero attached hydrogens (tertiary/aromatic N) is 1. The monoisotopic (exact) mass is 153 g/mol. The van der Waals surface area contributed by atoms with Crippen LogP contribution in [-0.4, -0.2) is 29.8 Å². The Morgan fingerprint density at radius 3 is 2.55 bits per heavy atom. The van der Waals surface area contributed by atoms with Crippen molar-refractivity contribution in [3.05, 3.63) is 0 Å². The lowest BCUT2D eigenvalue weighted by Crippen LogP contribution is -2.50. The maximum Gasteiger partial charge on any atom is 0.149 e. The molecule has 2 nitrogen and oxygen atoms in total. The van der Waals surface area contributed by atoms with Crippen molar-refractivity contribution >= 4 is 5.78 Å². The van der Waals surface area contributed by atoms with Crippen LogP contribution in [0.25, 0.3) is 0 Å². The summed E-state index contributed by atoms with van der Waals surface area (Å²) in [5.74, 6) is 0.496. The quantitative estimate of drug-likeness (QED) is 0.564. The van der Waals surface area contributed by atoms with E-state index in [-0.39, 0.29) is 0 Å². The predicted molar refractivity (Wildman–Crippen MR) is 43.5 cm³/mol. The number of hydrogen-bond donors (Lipinski definition) is 0. The highest BCUT2D eigenvalue weighted by Crippen LogP contribution is 2.23. The SMILES string of the molecule is O=C1CCCC[C@@H]1N1CCC1. The van der Waals surface area contributed by atoms with Gasteiger partial charge in [0.2, 0.25) is 0 Å². The molecule has 0 N–H and O–H groups in total. The molecule has 2 aliphatic rings. The van der Waals surface area contributed by atoms with Gasteiger partial charge in [0.15, 0.2) is 0 Å². The van der Waals surface area contributed by atoms with Crippen LogP contribution >= 0.6 is 0 Å². The number of hydrogen-bond acceptors (Lipinski definition) is 2. The van der Waals surface area contributed by atoms with E-state index in [2.05, 4.69) is 4.90 Å². The van der Waals surface area contributed by atoms with E-state index < -0.39 is 0 Å². The Balaban J connectivity index is 1.93. The van der Waals surface area contributed by atoms with Crippen LogP contribution in [0, 0.1) is 0 Å².